The number of rotatable bonds is 5. The van der Waals surface area contributed by atoms with E-state index in [9.17, 15) is 0 Å². The average molecular weight is 337 g/mol. The number of tetrazole rings is 1. The fraction of sp³-hybridized carbons (Fsp3) is 0.278. The molecule has 0 spiro atoms. The largest absolute Gasteiger partial charge is 0.486 e. The number of ether oxygens (including phenoxy) is 2. The molecule has 1 aliphatic heterocycles. The Balaban J connectivity index is 1.43. The molecule has 128 valence electrons. The first kappa shape index (κ1) is 15.4. The Morgan fingerprint density at radius 2 is 2.00 bits per heavy atom. The molecular formula is C18H19N5O2. The molecule has 0 amide bonds. The molecule has 25 heavy (non-hydrogen) atoms. The summed E-state index contributed by atoms with van der Waals surface area (Å²) in [4.78, 5) is 0. The van der Waals surface area contributed by atoms with Gasteiger partial charge in [-0.15, -0.1) is 5.10 Å². The first-order valence-corrected chi connectivity index (χ1v) is 8.26. The van der Waals surface area contributed by atoms with Crippen molar-refractivity contribution in [3.8, 4) is 17.2 Å². The van der Waals surface area contributed by atoms with Crippen LogP contribution in [0.2, 0.25) is 0 Å². The standard InChI is InChI=1S/C18H19N5O2/c1-13-15(3-2-4-16(13)23-12-20-21-22-23)19-8-7-14-5-6-17-18(11-14)25-10-9-24-17/h2-6,11-12,19H,7-10H2,1H3. The molecule has 1 aliphatic rings. The van der Waals surface area contributed by atoms with Crippen molar-refractivity contribution in [1.82, 2.24) is 20.2 Å². The second kappa shape index (κ2) is 6.80. The molecule has 7 heteroatoms. The van der Waals surface area contributed by atoms with Gasteiger partial charge in [0.2, 0.25) is 0 Å². The Kier molecular flexibility index (Phi) is 4.20. The minimum Gasteiger partial charge on any atom is -0.486 e. The number of fused-ring (bicyclic) bond motifs is 1. The van der Waals surface area contributed by atoms with Crippen molar-refractivity contribution in [1.29, 1.82) is 0 Å². The lowest BCUT2D eigenvalue weighted by atomic mass is 10.1. The summed E-state index contributed by atoms with van der Waals surface area (Å²) < 4.78 is 12.9. The van der Waals surface area contributed by atoms with Gasteiger partial charge in [-0.2, -0.15) is 0 Å². The number of nitrogens with zero attached hydrogens (tertiary/aromatic N) is 4. The first-order chi connectivity index (χ1) is 12.3. The zero-order chi connectivity index (χ0) is 17.1. The van der Waals surface area contributed by atoms with Gasteiger partial charge in [0, 0.05) is 12.2 Å². The highest BCUT2D eigenvalue weighted by atomic mass is 16.6. The monoisotopic (exact) mass is 337 g/mol. The quantitative estimate of drug-likeness (QED) is 0.771. The third-order valence-electron chi connectivity index (χ3n) is 4.24. The van der Waals surface area contributed by atoms with E-state index in [0.717, 1.165) is 41.4 Å². The molecule has 0 radical (unpaired) electrons. The molecule has 4 rings (SSSR count). The summed E-state index contributed by atoms with van der Waals surface area (Å²) in [7, 11) is 0. The van der Waals surface area contributed by atoms with Crippen LogP contribution in [0.15, 0.2) is 42.7 Å². The van der Waals surface area contributed by atoms with Crippen LogP contribution in [0.3, 0.4) is 0 Å². The smallest absolute Gasteiger partial charge is 0.161 e. The van der Waals surface area contributed by atoms with Crippen molar-refractivity contribution in [3.05, 3.63) is 53.9 Å². The number of benzene rings is 2. The van der Waals surface area contributed by atoms with Gasteiger partial charge in [-0.1, -0.05) is 12.1 Å². The Hall–Kier alpha value is -3.09. The van der Waals surface area contributed by atoms with Crippen molar-refractivity contribution in [2.45, 2.75) is 13.3 Å². The summed E-state index contributed by atoms with van der Waals surface area (Å²) in [6.07, 6.45) is 2.49. The van der Waals surface area contributed by atoms with Gasteiger partial charge in [-0.3, -0.25) is 0 Å². The van der Waals surface area contributed by atoms with Gasteiger partial charge in [0.15, 0.2) is 11.5 Å². The second-order valence-electron chi connectivity index (χ2n) is 5.86. The van der Waals surface area contributed by atoms with Crippen LogP contribution in [-0.4, -0.2) is 40.0 Å². The molecule has 1 aromatic heterocycles. The van der Waals surface area contributed by atoms with Crippen molar-refractivity contribution in [3.63, 3.8) is 0 Å². The Morgan fingerprint density at radius 1 is 1.12 bits per heavy atom. The van der Waals surface area contributed by atoms with Crippen molar-refractivity contribution in [2.75, 3.05) is 25.1 Å². The van der Waals surface area contributed by atoms with Crippen molar-refractivity contribution in [2.24, 2.45) is 0 Å². The molecule has 3 aromatic rings. The molecule has 7 nitrogen and oxygen atoms in total. The molecule has 2 heterocycles. The molecule has 0 unspecified atom stereocenters. The first-order valence-electron chi connectivity index (χ1n) is 8.26. The summed E-state index contributed by atoms with van der Waals surface area (Å²) in [6.45, 7) is 4.10. The van der Waals surface area contributed by atoms with Crippen molar-refractivity contribution < 1.29 is 9.47 Å². The van der Waals surface area contributed by atoms with Crippen LogP contribution in [-0.2, 0) is 6.42 Å². The predicted octanol–water partition coefficient (Wildman–Crippen LogP) is 2.40. The average Bonchev–Trinajstić information content (AvgIpc) is 3.17. The van der Waals surface area contributed by atoms with Gasteiger partial charge in [-0.25, -0.2) is 4.68 Å². The Morgan fingerprint density at radius 3 is 2.84 bits per heavy atom. The van der Waals surface area contributed by atoms with Crippen molar-refractivity contribution >= 4 is 5.69 Å². The van der Waals surface area contributed by atoms with E-state index in [-0.39, 0.29) is 0 Å². The van der Waals surface area contributed by atoms with Crippen LogP contribution in [0.1, 0.15) is 11.1 Å². The van der Waals surface area contributed by atoms with Gasteiger partial charge in [-0.05, 0) is 59.2 Å². The lowest BCUT2D eigenvalue weighted by Crippen LogP contribution is -2.15. The van der Waals surface area contributed by atoms with Crippen LogP contribution >= 0.6 is 0 Å². The number of hydrogen-bond acceptors (Lipinski definition) is 6. The maximum Gasteiger partial charge on any atom is 0.161 e. The lowest BCUT2D eigenvalue weighted by Gasteiger charge is -2.19. The van der Waals surface area contributed by atoms with Crippen LogP contribution < -0.4 is 14.8 Å². The number of aromatic nitrogens is 4. The summed E-state index contributed by atoms with van der Waals surface area (Å²) in [5.41, 5.74) is 4.36. The van der Waals surface area contributed by atoms with E-state index in [1.165, 1.54) is 5.56 Å². The summed E-state index contributed by atoms with van der Waals surface area (Å²) in [5.74, 6) is 1.66. The second-order valence-corrected chi connectivity index (χ2v) is 5.86. The molecule has 2 aromatic carbocycles. The lowest BCUT2D eigenvalue weighted by molar-refractivity contribution is 0.171. The fourth-order valence-electron chi connectivity index (χ4n) is 2.92. The Labute approximate surface area is 145 Å². The molecule has 0 fully saturated rings. The molecule has 0 aliphatic carbocycles. The SMILES string of the molecule is Cc1c(NCCc2ccc3c(c2)OCCO3)cccc1-n1cnnn1. The van der Waals surface area contributed by atoms with Crippen LogP contribution in [0.25, 0.3) is 5.69 Å². The fourth-order valence-corrected chi connectivity index (χ4v) is 2.92. The van der Waals surface area contributed by atoms with Gasteiger partial charge < -0.3 is 14.8 Å². The number of hydrogen-bond donors (Lipinski definition) is 1. The minimum atomic E-state index is 0.609. The van der Waals surface area contributed by atoms with E-state index >= 15 is 0 Å². The number of anilines is 1. The van der Waals surface area contributed by atoms with Gasteiger partial charge >= 0.3 is 0 Å². The maximum atomic E-state index is 5.64. The third kappa shape index (κ3) is 3.26. The summed E-state index contributed by atoms with van der Waals surface area (Å²) in [6, 6.07) is 12.2. The van der Waals surface area contributed by atoms with E-state index in [1.807, 2.05) is 18.2 Å². The zero-order valence-electron chi connectivity index (χ0n) is 14.0. The van der Waals surface area contributed by atoms with E-state index in [1.54, 1.807) is 11.0 Å². The van der Waals surface area contributed by atoms with Crippen LogP contribution in [0.4, 0.5) is 5.69 Å². The van der Waals surface area contributed by atoms with Crippen LogP contribution in [0, 0.1) is 6.92 Å². The van der Waals surface area contributed by atoms with Crippen LogP contribution in [0.5, 0.6) is 11.5 Å². The molecule has 0 saturated heterocycles. The molecule has 0 bridgehead atoms. The van der Waals surface area contributed by atoms with E-state index in [4.69, 9.17) is 9.47 Å². The molecule has 1 N–H and O–H groups in total. The highest BCUT2D eigenvalue weighted by molar-refractivity contribution is 5.59. The van der Waals surface area contributed by atoms with E-state index < -0.39 is 0 Å². The van der Waals surface area contributed by atoms with Gasteiger partial charge in [0.25, 0.3) is 0 Å². The highest BCUT2D eigenvalue weighted by Gasteiger charge is 2.12. The molecule has 0 atom stereocenters. The van der Waals surface area contributed by atoms with E-state index in [0.29, 0.717) is 13.2 Å². The van der Waals surface area contributed by atoms with E-state index in [2.05, 4.69) is 46.0 Å². The summed E-state index contributed by atoms with van der Waals surface area (Å²) in [5, 5.41) is 14.8. The zero-order valence-corrected chi connectivity index (χ0v) is 14.0. The normalized spacial score (nSPS) is 12.8. The number of nitrogens with one attached hydrogen (secondary N) is 1. The maximum absolute atomic E-state index is 5.64. The molecular weight excluding hydrogens is 318 g/mol. The van der Waals surface area contributed by atoms with Gasteiger partial charge in [0.1, 0.15) is 19.5 Å². The minimum absolute atomic E-state index is 0.609. The topological polar surface area (TPSA) is 74.1 Å². The highest BCUT2D eigenvalue weighted by Crippen LogP contribution is 2.31. The van der Waals surface area contributed by atoms with Gasteiger partial charge in [0.05, 0.1) is 5.69 Å². The Bertz CT molecular complexity index is 864. The summed E-state index contributed by atoms with van der Waals surface area (Å²) >= 11 is 0. The predicted molar refractivity (Wildman–Crippen MR) is 93.5 cm³/mol. The molecule has 0 saturated carbocycles. The third-order valence-corrected chi connectivity index (χ3v) is 4.24.